The van der Waals surface area contributed by atoms with Crippen molar-refractivity contribution in [2.24, 2.45) is 0 Å². The topological polar surface area (TPSA) is 65.2 Å². The van der Waals surface area contributed by atoms with Crippen LogP contribution in [-0.4, -0.2) is 0 Å². The second kappa shape index (κ2) is 3.56. The summed E-state index contributed by atoms with van der Waals surface area (Å²) in [4.78, 5) is 0. The van der Waals surface area contributed by atoms with Crippen molar-refractivity contribution < 1.29 is 4.42 Å². The van der Waals surface area contributed by atoms with Gasteiger partial charge in [-0.05, 0) is 48.5 Å². The van der Waals surface area contributed by atoms with Crippen LogP contribution in [0.4, 0.5) is 11.4 Å². The van der Waals surface area contributed by atoms with Crippen LogP contribution in [0.1, 0.15) is 0 Å². The Bertz CT molecular complexity index is 668. The van der Waals surface area contributed by atoms with Crippen molar-refractivity contribution in [3.63, 3.8) is 0 Å². The Morgan fingerprint density at radius 3 is 2.24 bits per heavy atom. The number of hydrogen-bond acceptors (Lipinski definition) is 3. The average molecular weight is 224 g/mol. The third-order valence-corrected chi connectivity index (χ3v) is 2.74. The highest BCUT2D eigenvalue weighted by Crippen LogP contribution is 2.29. The van der Waals surface area contributed by atoms with E-state index in [4.69, 9.17) is 15.9 Å². The van der Waals surface area contributed by atoms with E-state index in [1.165, 1.54) is 0 Å². The molecule has 0 aliphatic rings. The predicted molar refractivity (Wildman–Crippen MR) is 70.5 cm³/mol. The van der Waals surface area contributed by atoms with Gasteiger partial charge >= 0.3 is 0 Å². The van der Waals surface area contributed by atoms with Gasteiger partial charge in [0.25, 0.3) is 0 Å². The van der Waals surface area contributed by atoms with Crippen molar-refractivity contribution in [1.29, 1.82) is 0 Å². The summed E-state index contributed by atoms with van der Waals surface area (Å²) in [6.45, 7) is 0. The van der Waals surface area contributed by atoms with E-state index in [0.717, 1.165) is 33.7 Å². The zero-order valence-corrected chi connectivity index (χ0v) is 9.18. The summed E-state index contributed by atoms with van der Waals surface area (Å²) in [6.07, 6.45) is 0. The van der Waals surface area contributed by atoms with Crippen LogP contribution in [0.5, 0.6) is 0 Å². The summed E-state index contributed by atoms with van der Waals surface area (Å²) < 4.78 is 5.75. The first-order chi connectivity index (χ1) is 8.22. The molecule has 0 aliphatic heterocycles. The van der Waals surface area contributed by atoms with Gasteiger partial charge in [-0.25, -0.2) is 0 Å². The van der Waals surface area contributed by atoms with Gasteiger partial charge in [0.15, 0.2) is 0 Å². The predicted octanol–water partition coefficient (Wildman–Crippen LogP) is 3.26. The largest absolute Gasteiger partial charge is 0.456 e. The second-order valence-corrected chi connectivity index (χ2v) is 4.03. The monoisotopic (exact) mass is 224 g/mol. The number of benzene rings is 2. The van der Waals surface area contributed by atoms with Crippen molar-refractivity contribution in [3.05, 3.63) is 48.5 Å². The van der Waals surface area contributed by atoms with E-state index in [0.29, 0.717) is 0 Å². The molecule has 0 saturated heterocycles. The highest BCUT2D eigenvalue weighted by atomic mass is 16.3. The minimum absolute atomic E-state index is 0.738. The molecule has 0 radical (unpaired) electrons. The summed E-state index contributed by atoms with van der Waals surface area (Å²) >= 11 is 0. The van der Waals surface area contributed by atoms with Crippen LogP contribution in [0.2, 0.25) is 0 Å². The fourth-order valence-electron chi connectivity index (χ4n) is 1.85. The first kappa shape index (κ1) is 9.78. The summed E-state index contributed by atoms with van der Waals surface area (Å²) in [7, 11) is 0. The van der Waals surface area contributed by atoms with Crippen LogP contribution in [0.15, 0.2) is 52.9 Å². The standard InChI is InChI=1S/C14H12N2O/c15-11-3-1-9(2-4-11)14-8-10-7-12(16)5-6-13(10)17-14/h1-8H,15-16H2. The van der Waals surface area contributed by atoms with Crippen molar-refractivity contribution in [2.45, 2.75) is 0 Å². The molecule has 3 heteroatoms. The Hall–Kier alpha value is -2.42. The maximum Gasteiger partial charge on any atom is 0.135 e. The van der Waals surface area contributed by atoms with E-state index in [9.17, 15) is 0 Å². The molecule has 2 aromatic carbocycles. The van der Waals surface area contributed by atoms with Crippen molar-refractivity contribution in [2.75, 3.05) is 11.5 Å². The van der Waals surface area contributed by atoms with E-state index in [1.54, 1.807) is 0 Å². The first-order valence-electron chi connectivity index (χ1n) is 5.37. The SMILES string of the molecule is Nc1ccc(-c2cc3cc(N)ccc3o2)cc1. The van der Waals surface area contributed by atoms with Crippen LogP contribution in [0, 0.1) is 0 Å². The summed E-state index contributed by atoms with van der Waals surface area (Å²) in [5.74, 6) is 0.825. The minimum atomic E-state index is 0.738. The number of fused-ring (bicyclic) bond motifs is 1. The van der Waals surface area contributed by atoms with E-state index in [-0.39, 0.29) is 0 Å². The second-order valence-electron chi connectivity index (χ2n) is 4.03. The summed E-state index contributed by atoms with van der Waals surface area (Å²) in [5.41, 5.74) is 14.7. The Morgan fingerprint density at radius 1 is 0.765 bits per heavy atom. The highest BCUT2D eigenvalue weighted by Gasteiger charge is 2.05. The third kappa shape index (κ3) is 1.72. The van der Waals surface area contributed by atoms with Gasteiger partial charge in [0, 0.05) is 22.3 Å². The zero-order chi connectivity index (χ0) is 11.8. The first-order valence-corrected chi connectivity index (χ1v) is 5.37. The molecule has 0 aliphatic carbocycles. The lowest BCUT2D eigenvalue weighted by Gasteiger charge is -1.96. The molecule has 1 aromatic heterocycles. The number of rotatable bonds is 1. The Labute approximate surface area is 98.6 Å². The molecule has 0 spiro atoms. The molecule has 4 N–H and O–H groups in total. The van der Waals surface area contributed by atoms with Crippen LogP contribution >= 0.6 is 0 Å². The quantitative estimate of drug-likeness (QED) is 0.623. The van der Waals surface area contributed by atoms with Gasteiger partial charge in [0.1, 0.15) is 11.3 Å². The van der Waals surface area contributed by atoms with Gasteiger partial charge < -0.3 is 15.9 Å². The molecule has 0 saturated carbocycles. The lowest BCUT2D eigenvalue weighted by atomic mass is 10.1. The molecule has 0 amide bonds. The number of anilines is 2. The lowest BCUT2D eigenvalue weighted by Crippen LogP contribution is -1.82. The fourth-order valence-corrected chi connectivity index (χ4v) is 1.85. The Morgan fingerprint density at radius 2 is 1.47 bits per heavy atom. The molecule has 0 unspecified atom stereocenters. The third-order valence-electron chi connectivity index (χ3n) is 2.74. The van der Waals surface area contributed by atoms with Crippen molar-refractivity contribution >= 4 is 22.3 Å². The molecule has 0 bridgehead atoms. The minimum Gasteiger partial charge on any atom is -0.456 e. The van der Waals surface area contributed by atoms with Gasteiger partial charge in [0.2, 0.25) is 0 Å². The fraction of sp³-hybridized carbons (Fsp3) is 0. The van der Waals surface area contributed by atoms with Crippen molar-refractivity contribution in [1.82, 2.24) is 0 Å². The average Bonchev–Trinajstić information content (AvgIpc) is 2.72. The smallest absolute Gasteiger partial charge is 0.135 e. The Balaban J connectivity index is 2.14. The maximum absolute atomic E-state index is 5.75. The Kier molecular flexibility index (Phi) is 2.05. The molecular weight excluding hydrogens is 212 g/mol. The molecular formula is C14H12N2O. The number of furan rings is 1. The van der Waals surface area contributed by atoms with E-state index in [2.05, 4.69) is 0 Å². The summed E-state index contributed by atoms with van der Waals surface area (Å²) in [6, 6.07) is 15.2. The van der Waals surface area contributed by atoms with Gasteiger partial charge in [-0.2, -0.15) is 0 Å². The molecule has 84 valence electrons. The lowest BCUT2D eigenvalue weighted by molar-refractivity contribution is 0.631. The molecule has 0 atom stereocenters. The molecule has 3 rings (SSSR count). The van der Waals surface area contributed by atoms with Gasteiger partial charge in [-0.3, -0.25) is 0 Å². The molecule has 0 fully saturated rings. The normalized spacial score (nSPS) is 10.8. The van der Waals surface area contributed by atoms with Gasteiger partial charge in [-0.15, -0.1) is 0 Å². The maximum atomic E-state index is 5.75. The number of nitrogens with two attached hydrogens (primary N) is 2. The molecule has 3 aromatic rings. The summed E-state index contributed by atoms with van der Waals surface area (Å²) in [5, 5.41) is 1.01. The van der Waals surface area contributed by atoms with Crippen LogP contribution in [0.3, 0.4) is 0 Å². The van der Waals surface area contributed by atoms with E-state index >= 15 is 0 Å². The van der Waals surface area contributed by atoms with Crippen molar-refractivity contribution in [3.8, 4) is 11.3 Å². The van der Waals surface area contributed by atoms with E-state index in [1.807, 2.05) is 48.5 Å². The van der Waals surface area contributed by atoms with Crippen LogP contribution in [0.25, 0.3) is 22.3 Å². The number of nitrogen functional groups attached to an aromatic ring is 2. The highest BCUT2D eigenvalue weighted by molar-refractivity contribution is 5.85. The van der Waals surface area contributed by atoms with E-state index < -0.39 is 0 Å². The van der Waals surface area contributed by atoms with Gasteiger partial charge in [-0.1, -0.05) is 0 Å². The van der Waals surface area contributed by atoms with Gasteiger partial charge in [0.05, 0.1) is 0 Å². The van der Waals surface area contributed by atoms with Crippen LogP contribution in [-0.2, 0) is 0 Å². The number of hydrogen-bond donors (Lipinski definition) is 2. The van der Waals surface area contributed by atoms with Crippen LogP contribution < -0.4 is 11.5 Å². The molecule has 17 heavy (non-hydrogen) atoms. The molecule has 3 nitrogen and oxygen atoms in total. The zero-order valence-electron chi connectivity index (χ0n) is 9.18. The molecule has 1 heterocycles.